The molecule has 0 N–H and O–H groups in total. The molecule has 0 radical (unpaired) electrons. The zero-order chi connectivity index (χ0) is 12.7. The largest absolute Gasteiger partial charge is 0.365 e. The molecule has 1 atom stereocenters. The number of carbonyl (C=O) groups excluding carboxylic acids is 1. The van der Waals surface area contributed by atoms with Crippen LogP contribution in [0.25, 0.3) is 0 Å². The maximum absolute atomic E-state index is 10.9. The summed E-state index contributed by atoms with van der Waals surface area (Å²) in [7, 11) is 1.32. The van der Waals surface area contributed by atoms with Crippen LogP contribution in [0.1, 0.15) is 52.4 Å². The van der Waals surface area contributed by atoms with Crippen molar-refractivity contribution in [3.05, 3.63) is 12.2 Å². The fourth-order valence-corrected chi connectivity index (χ4v) is 2.19. The second-order valence-electron chi connectivity index (χ2n) is 5.50. The second kappa shape index (κ2) is 6.80. The minimum Gasteiger partial charge on any atom is -0.294 e. The second-order valence-corrected chi connectivity index (χ2v) is 5.50. The zero-order valence-corrected chi connectivity index (χ0v) is 11.2. The molecule has 17 heavy (non-hydrogen) atoms. The van der Waals surface area contributed by atoms with E-state index in [0.717, 1.165) is 18.8 Å². The molecule has 1 aliphatic rings. The first kappa shape index (κ1) is 14.2. The van der Waals surface area contributed by atoms with Crippen molar-refractivity contribution in [2.24, 2.45) is 11.3 Å². The van der Waals surface area contributed by atoms with E-state index >= 15 is 0 Å². The van der Waals surface area contributed by atoms with Gasteiger partial charge in [0.05, 0.1) is 7.11 Å². The third-order valence-electron chi connectivity index (χ3n) is 3.56. The van der Waals surface area contributed by atoms with Crippen molar-refractivity contribution in [1.29, 1.82) is 0 Å². The number of rotatable bonds is 8. The van der Waals surface area contributed by atoms with Gasteiger partial charge in [-0.25, -0.2) is 4.79 Å². The molecule has 0 aromatic carbocycles. The molecule has 0 aromatic heterocycles. The van der Waals surface area contributed by atoms with Gasteiger partial charge in [-0.1, -0.05) is 32.8 Å². The summed E-state index contributed by atoms with van der Waals surface area (Å²) in [5.74, 6) is 0.516. The zero-order valence-electron chi connectivity index (χ0n) is 11.2. The fourth-order valence-electron chi connectivity index (χ4n) is 2.19. The van der Waals surface area contributed by atoms with E-state index in [9.17, 15) is 4.79 Å². The molecule has 98 valence electrons. The Morgan fingerprint density at radius 3 is 2.65 bits per heavy atom. The molecule has 0 bridgehead atoms. The lowest BCUT2D eigenvalue weighted by Crippen LogP contribution is -1.97. The Hall–Kier alpha value is -0.830. The van der Waals surface area contributed by atoms with Crippen molar-refractivity contribution in [1.82, 2.24) is 0 Å². The average molecular weight is 240 g/mol. The molecule has 0 saturated heterocycles. The van der Waals surface area contributed by atoms with E-state index in [1.807, 2.05) is 6.08 Å². The molecule has 0 amide bonds. The van der Waals surface area contributed by atoms with Crippen LogP contribution in [0, 0.1) is 11.3 Å². The van der Waals surface area contributed by atoms with Crippen LogP contribution in [0.3, 0.4) is 0 Å². The third kappa shape index (κ3) is 5.87. The first-order chi connectivity index (χ1) is 8.06. The van der Waals surface area contributed by atoms with Gasteiger partial charge in [0.15, 0.2) is 0 Å². The Kier molecular flexibility index (Phi) is 5.69. The van der Waals surface area contributed by atoms with Gasteiger partial charge < -0.3 is 0 Å². The minimum absolute atomic E-state index is 0.438. The van der Waals surface area contributed by atoms with Crippen molar-refractivity contribution >= 4 is 5.97 Å². The quantitative estimate of drug-likeness (QED) is 0.281. The van der Waals surface area contributed by atoms with Crippen molar-refractivity contribution in [3.8, 4) is 0 Å². The van der Waals surface area contributed by atoms with E-state index in [1.165, 1.54) is 38.9 Å². The highest BCUT2D eigenvalue weighted by Crippen LogP contribution is 2.54. The van der Waals surface area contributed by atoms with Gasteiger partial charge in [0, 0.05) is 6.08 Å². The maximum atomic E-state index is 10.9. The van der Waals surface area contributed by atoms with Crippen LogP contribution in [0.15, 0.2) is 12.2 Å². The van der Waals surface area contributed by atoms with Gasteiger partial charge in [0.2, 0.25) is 0 Å². The van der Waals surface area contributed by atoms with Crippen molar-refractivity contribution in [2.45, 2.75) is 52.4 Å². The van der Waals surface area contributed by atoms with E-state index in [2.05, 4.69) is 23.6 Å². The lowest BCUT2D eigenvalue weighted by molar-refractivity contribution is -0.249. The summed E-state index contributed by atoms with van der Waals surface area (Å²) in [6.45, 7) is 4.70. The molecule has 1 saturated carbocycles. The number of unbranched alkanes of at least 4 members (excludes halogenated alkanes) is 3. The normalized spacial score (nSPS) is 21.7. The van der Waals surface area contributed by atoms with E-state index < -0.39 is 5.97 Å². The minimum atomic E-state index is -0.438. The van der Waals surface area contributed by atoms with Crippen LogP contribution in [0.5, 0.6) is 0 Å². The van der Waals surface area contributed by atoms with Crippen molar-refractivity contribution in [3.63, 3.8) is 0 Å². The SMILES string of the molecule is COOC(=O)/C=C/CCCCCC1CC1(C)C. The monoisotopic (exact) mass is 240 g/mol. The number of allylic oxidation sites excluding steroid dienone is 1. The summed E-state index contributed by atoms with van der Waals surface area (Å²) < 4.78 is 0. The molecule has 3 heteroatoms. The summed E-state index contributed by atoms with van der Waals surface area (Å²) in [5.41, 5.74) is 0.615. The molecule has 1 fully saturated rings. The van der Waals surface area contributed by atoms with Crippen LogP contribution in [0.4, 0.5) is 0 Å². The van der Waals surface area contributed by atoms with Crippen molar-refractivity contribution in [2.75, 3.05) is 7.11 Å². The van der Waals surface area contributed by atoms with Gasteiger partial charge in [0.1, 0.15) is 0 Å². The van der Waals surface area contributed by atoms with Crippen LogP contribution < -0.4 is 0 Å². The Morgan fingerprint density at radius 1 is 1.35 bits per heavy atom. The number of hydrogen-bond acceptors (Lipinski definition) is 3. The van der Waals surface area contributed by atoms with Gasteiger partial charge in [-0.3, -0.25) is 4.89 Å². The topological polar surface area (TPSA) is 35.5 Å². The lowest BCUT2D eigenvalue weighted by Gasteiger charge is -2.02. The predicted molar refractivity (Wildman–Crippen MR) is 67.2 cm³/mol. The predicted octanol–water partition coefficient (Wildman–Crippen LogP) is 3.64. The van der Waals surface area contributed by atoms with E-state index in [-0.39, 0.29) is 0 Å². The standard InChI is InChI=1S/C14H24O3/c1-14(2)11-12(14)9-7-5-4-6-8-10-13(15)17-16-3/h8,10,12H,4-7,9,11H2,1-3H3/b10-8+. The molecule has 1 rings (SSSR count). The Bertz CT molecular complexity index is 269. The summed E-state index contributed by atoms with van der Waals surface area (Å²) >= 11 is 0. The highest BCUT2D eigenvalue weighted by molar-refractivity contribution is 5.81. The summed E-state index contributed by atoms with van der Waals surface area (Å²) in [4.78, 5) is 19.4. The fraction of sp³-hybridized carbons (Fsp3) is 0.786. The van der Waals surface area contributed by atoms with E-state index in [4.69, 9.17) is 0 Å². The van der Waals surface area contributed by atoms with Crippen molar-refractivity contribution < 1.29 is 14.6 Å². The molecular weight excluding hydrogens is 216 g/mol. The molecule has 1 aliphatic carbocycles. The molecule has 0 aromatic rings. The Morgan fingerprint density at radius 2 is 2.06 bits per heavy atom. The average Bonchev–Trinajstić information content (AvgIpc) is 2.85. The maximum Gasteiger partial charge on any atom is 0.365 e. The molecule has 0 spiro atoms. The summed E-state index contributed by atoms with van der Waals surface area (Å²) in [6, 6.07) is 0. The molecule has 1 unspecified atom stereocenters. The first-order valence-electron chi connectivity index (χ1n) is 6.47. The molecule has 0 aliphatic heterocycles. The third-order valence-corrected chi connectivity index (χ3v) is 3.56. The van der Waals surface area contributed by atoms with Gasteiger partial charge >= 0.3 is 5.97 Å². The van der Waals surface area contributed by atoms with Gasteiger partial charge in [0.25, 0.3) is 0 Å². The molecule has 3 nitrogen and oxygen atoms in total. The van der Waals surface area contributed by atoms with E-state index in [0.29, 0.717) is 5.41 Å². The van der Waals surface area contributed by atoms with Gasteiger partial charge in [-0.2, -0.15) is 4.89 Å². The first-order valence-corrected chi connectivity index (χ1v) is 6.47. The van der Waals surface area contributed by atoms with E-state index in [1.54, 1.807) is 0 Å². The highest BCUT2D eigenvalue weighted by Gasteiger charge is 2.44. The lowest BCUT2D eigenvalue weighted by atomic mass is 10.0. The van der Waals surface area contributed by atoms with Crippen LogP contribution >= 0.6 is 0 Å². The van der Waals surface area contributed by atoms with Crippen LogP contribution in [0.2, 0.25) is 0 Å². The van der Waals surface area contributed by atoms with Crippen LogP contribution in [-0.4, -0.2) is 13.1 Å². The Labute approximate surface area is 104 Å². The summed E-state index contributed by atoms with van der Waals surface area (Å²) in [6.07, 6.45) is 10.7. The number of carbonyl (C=O) groups is 1. The Balaban J connectivity index is 1.89. The molecule has 0 heterocycles. The van der Waals surface area contributed by atoms with Gasteiger partial charge in [-0.05, 0) is 37.0 Å². The smallest absolute Gasteiger partial charge is 0.294 e. The van der Waals surface area contributed by atoms with Gasteiger partial charge in [-0.15, -0.1) is 0 Å². The highest BCUT2D eigenvalue weighted by atomic mass is 17.2. The van der Waals surface area contributed by atoms with Crippen LogP contribution in [-0.2, 0) is 14.6 Å². The number of hydrogen-bond donors (Lipinski definition) is 0. The molecular formula is C14H24O3. The summed E-state index contributed by atoms with van der Waals surface area (Å²) in [5, 5.41) is 0.